The molecule has 0 fully saturated rings. The van der Waals surface area contributed by atoms with E-state index in [1.54, 1.807) is 6.92 Å². The molecule has 0 unspecified atom stereocenters. The van der Waals surface area contributed by atoms with E-state index in [1.807, 2.05) is 6.92 Å². The zero-order valence-electron chi connectivity index (χ0n) is 11.6. The zero-order valence-corrected chi connectivity index (χ0v) is 12.4. The number of anilines is 1. The van der Waals surface area contributed by atoms with Gasteiger partial charge in [0.25, 0.3) is 11.6 Å². The molecule has 0 aliphatic carbocycles. The van der Waals surface area contributed by atoms with Crippen LogP contribution in [0, 0.1) is 17.0 Å². The molecule has 0 aliphatic rings. The minimum absolute atomic E-state index is 0.00676. The smallest absolute Gasteiger partial charge is 0.272 e. The highest BCUT2D eigenvalue weighted by Gasteiger charge is 2.15. The van der Waals surface area contributed by atoms with Gasteiger partial charge in [-0.25, -0.2) is 0 Å². The average molecular weight is 306 g/mol. The first-order chi connectivity index (χ1) is 10.0. The summed E-state index contributed by atoms with van der Waals surface area (Å²) in [4.78, 5) is 22.3. The molecule has 0 saturated heterocycles. The second-order valence-electron chi connectivity index (χ2n) is 4.46. The lowest BCUT2D eigenvalue weighted by molar-refractivity contribution is -0.385. The van der Waals surface area contributed by atoms with Gasteiger partial charge in [-0.05, 0) is 25.5 Å². The van der Waals surface area contributed by atoms with Gasteiger partial charge in [0, 0.05) is 23.6 Å². The van der Waals surface area contributed by atoms with Crippen LogP contribution < -0.4 is 5.32 Å². The second-order valence-corrected chi connectivity index (χ2v) is 5.53. The molecule has 1 aromatic heterocycles. The highest BCUT2D eigenvalue weighted by atomic mass is 32.1. The maximum absolute atomic E-state index is 12.1. The van der Waals surface area contributed by atoms with Crippen molar-refractivity contribution >= 4 is 28.1 Å². The third kappa shape index (κ3) is 3.60. The maximum Gasteiger partial charge on any atom is 0.272 e. The molecule has 21 heavy (non-hydrogen) atoms. The van der Waals surface area contributed by atoms with Crippen molar-refractivity contribution in [2.75, 3.05) is 5.32 Å². The van der Waals surface area contributed by atoms with Crippen LogP contribution in [0.5, 0.6) is 0 Å². The number of carbonyl (C=O) groups excluding carboxylic acids is 1. The lowest BCUT2D eigenvalue weighted by Crippen LogP contribution is -2.12. The fourth-order valence-electron chi connectivity index (χ4n) is 1.79. The van der Waals surface area contributed by atoms with E-state index in [-0.39, 0.29) is 11.6 Å². The Morgan fingerprint density at radius 1 is 1.43 bits per heavy atom. The number of nitro benzene ring substituents is 1. The Kier molecular flexibility index (Phi) is 4.59. The van der Waals surface area contributed by atoms with Gasteiger partial charge in [-0.1, -0.05) is 18.3 Å². The number of nitrogens with one attached hydrogen (secondary N) is 1. The van der Waals surface area contributed by atoms with Gasteiger partial charge in [0.05, 0.1) is 4.92 Å². The average Bonchev–Trinajstić information content (AvgIpc) is 2.86. The van der Waals surface area contributed by atoms with Crippen LogP contribution in [-0.2, 0) is 6.42 Å². The lowest BCUT2D eigenvalue weighted by atomic mass is 10.1. The predicted octanol–water partition coefficient (Wildman–Crippen LogP) is 2.96. The summed E-state index contributed by atoms with van der Waals surface area (Å²) in [6, 6.07) is 4.24. The predicted molar refractivity (Wildman–Crippen MR) is 79.7 cm³/mol. The SMILES string of the molecule is CCCc1nnc(NC(=O)c2ccc([N+](=O)[O-])c(C)c2)s1. The molecule has 0 bridgehead atoms. The zero-order chi connectivity index (χ0) is 15.4. The summed E-state index contributed by atoms with van der Waals surface area (Å²) < 4.78 is 0. The maximum atomic E-state index is 12.1. The Morgan fingerprint density at radius 3 is 2.81 bits per heavy atom. The van der Waals surface area contributed by atoms with E-state index in [2.05, 4.69) is 15.5 Å². The van der Waals surface area contributed by atoms with E-state index >= 15 is 0 Å². The number of nitrogens with zero attached hydrogens (tertiary/aromatic N) is 3. The number of hydrogen-bond donors (Lipinski definition) is 1. The highest BCUT2D eigenvalue weighted by Crippen LogP contribution is 2.21. The van der Waals surface area contributed by atoms with Crippen LogP contribution in [-0.4, -0.2) is 21.0 Å². The van der Waals surface area contributed by atoms with Gasteiger partial charge in [-0.15, -0.1) is 10.2 Å². The van der Waals surface area contributed by atoms with E-state index in [9.17, 15) is 14.9 Å². The number of carbonyl (C=O) groups is 1. The topological polar surface area (TPSA) is 98.0 Å². The Balaban J connectivity index is 2.12. The first kappa shape index (κ1) is 15.0. The standard InChI is InChI=1S/C13H14N4O3S/c1-3-4-11-15-16-13(21-11)14-12(18)9-5-6-10(17(19)20)8(2)7-9/h5-7H,3-4H2,1-2H3,(H,14,16,18). The summed E-state index contributed by atoms with van der Waals surface area (Å²) in [7, 11) is 0. The molecule has 110 valence electrons. The summed E-state index contributed by atoms with van der Waals surface area (Å²) in [5.41, 5.74) is 0.787. The van der Waals surface area contributed by atoms with Crippen molar-refractivity contribution in [3.05, 3.63) is 44.4 Å². The van der Waals surface area contributed by atoms with Crippen LogP contribution in [0.1, 0.15) is 34.3 Å². The Bertz CT molecular complexity index is 684. The Morgan fingerprint density at radius 2 is 2.19 bits per heavy atom. The third-order valence-corrected chi connectivity index (χ3v) is 3.71. The normalized spacial score (nSPS) is 10.4. The van der Waals surface area contributed by atoms with E-state index in [0.29, 0.717) is 16.3 Å². The molecule has 0 radical (unpaired) electrons. The first-order valence-electron chi connectivity index (χ1n) is 6.40. The number of amides is 1. The molecule has 8 heteroatoms. The first-order valence-corrected chi connectivity index (χ1v) is 7.21. The van der Waals surface area contributed by atoms with Crippen molar-refractivity contribution in [2.24, 2.45) is 0 Å². The second kappa shape index (κ2) is 6.40. The molecule has 0 aliphatic heterocycles. The Hall–Kier alpha value is -2.35. The van der Waals surface area contributed by atoms with Crippen molar-refractivity contribution < 1.29 is 9.72 Å². The number of aryl methyl sites for hydroxylation is 2. The number of nitro groups is 1. The van der Waals surface area contributed by atoms with Gasteiger partial charge >= 0.3 is 0 Å². The van der Waals surface area contributed by atoms with Crippen molar-refractivity contribution in [1.82, 2.24) is 10.2 Å². The molecule has 1 heterocycles. The molecule has 2 rings (SSSR count). The van der Waals surface area contributed by atoms with E-state index in [0.717, 1.165) is 17.8 Å². The summed E-state index contributed by atoms with van der Waals surface area (Å²) in [6.07, 6.45) is 1.79. The molecule has 0 spiro atoms. The van der Waals surface area contributed by atoms with Gasteiger partial charge in [0.15, 0.2) is 0 Å². The van der Waals surface area contributed by atoms with Crippen LogP contribution in [0.3, 0.4) is 0 Å². The molecular formula is C13H14N4O3S. The summed E-state index contributed by atoms with van der Waals surface area (Å²) >= 11 is 1.33. The molecular weight excluding hydrogens is 292 g/mol. The number of hydrogen-bond acceptors (Lipinski definition) is 6. The third-order valence-electron chi connectivity index (χ3n) is 2.81. The van der Waals surface area contributed by atoms with Gasteiger partial charge in [-0.3, -0.25) is 20.2 Å². The van der Waals surface area contributed by atoms with Gasteiger partial charge < -0.3 is 0 Å². The van der Waals surface area contributed by atoms with Crippen LogP contribution >= 0.6 is 11.3 Å². The van der Waals surface area contributed by atoms with E-state index < -0.39 is 4.92 Å². The highest BCUT2D eigenvalue weighted by molar-refractivity contribution is 7.15. The van der Waals surface area contributed by atoms with E-state index in [4.69, 9.17) is 0 Å². The van der Waals surface area contributed by atoms with Gasteiger partial charge in [0.2, 0.25) is 5.13 Å². The van der Waals surface area contributed by atoms with Gasteiger partial charge in [-0.2, -0.15) is 0 Å². The minimum atomic E-state index is -0.473. The summed E-state index contributed by atoms with van der Waals surface area (Å²) in [5.74, 6) is -0.354. The van der Waals surface area contributed by atoms with Crippen LogP contribution in [0.4, 0.5) is 10.8 Å². The minimum Gasteiger partial charge on any atom is -0.296 e. The van der Waals surface area contributed by atoms with Crippen molar-refractivity contribution in [3.63, 3.8) is 0 Å². The van der Waals surface area contributed by atoms with Crippen molar-refractivity contribution in [1.29, 1.82) is 0 Å². The molecule has 7 nitrogen and oxygen atoms in total. The monoisotopic (exact) mass is 306 g/mol. The van der Waals surface area contributed by atoms with Crippen molar-refractivity contribution in [3.8, 4) is 0 Å². The summed E-state index contributed by atoms with van der Waals surface area (Å²) in [6.45, 7) is 3.64. The van der Waals surface area contributed by atoms with Crippen LogP contribution in [0.25, 0.3) is 0 Å². The molecule has 1 aromatic carbocycles. The molecule has 0 saturated carbocycles. The molecule has 1 amide bonds. The van der Waals surface area contributed by atoms with Crippen LogP contribution in [0.2, 0.25) is 0 Å². The number of benzene rings is 1. The lowest BCUT2D eigenvalue weighted by Gasteiger charge is -2.03. The number of rotatable bonds is 5. The number of aromatic nitrogens is 2. The van der Waals surface area contributed by atoms with E-state index in [1.165, 1.54) is 29.5 Å². The van der Waals surface area contributed by atoms with Crippen molar-refractivity contribution in [2.45, 2.75) is 26.7 Å². The largest absolute Gasteiger partial charge is 0.296 e. The molecule has 0 atom stereocenters. The molecule has 2 aromatic rings. The van der Waals surface area contributed by atoms with Crippen LogP contribution in [0.15, 0.2) is 18.2 Å². The fourth-order valence-corrected chi connectivity index (χ4v) is 2.63. The Labute approximate surface area is 125 Å². The fraction of sp³-hybridized carbons (Fsp3) is 0.308. The summed E-state index contributed by atoms with van der Waals surface area (Å²) in [5, 5.41) is 22.6. The molecule has 1 N–H and O–H groups in total. The quantitative estimate of drug-likeness (QED) is 0.676. The van der Waals surface area contributed by atoms with Gasteiger partial charge in [0.1, 0.15) is 5.01 Å².